The summed E-state index contributed by atoms with van der Waals surface area (Å²) < 4.78 is 51.8. The molecule has 0 amide bonds. The minimum atomic E-state index is -5.11. The Labute approximate surface area is 86.6 Å². The number of rotatable bonds is 2. The first-order chi connectivity index (χ1) is 7.20. The molecule has 0 aliphatic rings. The topological polar surface area (TPSA) is 52.4 Å². The highest BCUT2D eigenvalue weighted by atomic mass is 19.4. The Bertz CT molecular complexity index is 430. The second kappa shape index (κ2) is 3.95. The molecule has 0 radical (unpaired) electrons. The van der Waals surface area contributed by atoms with Crippen molar-refractivity contribution in [3.8, 4) is 5.75 Å². The Morgan fingerprint density at radius 2 is 1.94 bits per heavy atom. The first-order valence-corrected chi connectivity index (χ1v) is 3.91. The van der Waals surface area contributed by atoms with Crippen LogP contribution < -0.4 is 4.74 Å². The normalized spacial score (nSPS) is 11.3. The molecule has 16 heavy (non-hydrogen) atoms. The van der Waals surface area contributed by atoms with Gasteiger partial charge in [-0.05, 0) is 13.0 Å². The van der Waals surface area contributed by atoms with Gasteiger partial charge in [-0.15, -0.1) is 13.2 Å². The molecule has 0 spiro atoms. The molecule has 0 heterocycles. The third kappa shape index (κ3) is 2.81. The summed E-state index contributed by atoms with van der Waals surface area (Å²) in [4.78, 5) is 9.42. The van der Waals surface area contributed by atoms with Crippen molar-refractivity contribution < 1.29 is 27.2 Å². The number of nitro groups is 1. The minimum Gasteiger partial charge on any atom is -0.398 e. The molecule has 88 valence electrons. The van der Waals surface area contributed by atoms with Crippen LogP contribution in [0.4, 0.5) is 23.2 Å². The monoisotopic (exact) mass is 239 g/mol. The quantitative estimate of drug-likeness (QED) is 0.453. The lowest BCUT2D eigenvalue weighted by Gasteiger charge is -2.10. The predicted octanol–water partition coefficient (Wildman–Crippen LogP) is 2.94. The van der Waals surface area contributed by atoms with E-state index in [9.17, 15) is 27.7 Å². The standard InChI is InChI=1S/C8H5F4NO3/c1-4-2-5(9)3-6(7(4)13(14)15)16-8(10,11)12/h2-3H,1H3. The summed E-state index contributed by atoms with van der Waals surface area (Å²) in [5, 5.41) is 10.5. The summed E-state index contributed by atoms with van der Waals surface area (Å²) in [7, 11) is 0. The van der Waals surface area contributed by atoms with E-state index in [1.807, 2.05) is 0 Å². The van der Waals surface area contributed by atoms with Gasteiger partial charge in [0.2, 0.25) is 5.75 Å². The molecule has 0 aliphatic carbocycles. The van der Waals surface area contributed by atoms with Crippen molar-refractivity contribution in [3.63, 3.8) is 0 Å². The number of ether oxygens (including phenoxy) is 1. The lowest BCUT2D eigenvalue weighted by atomic mass is 10.2. The molecule has 0 saturated heterocycles. The van der Waals surface area contributed by atoms with Crippen LogP contribution in [0.5, 0.6) is 5.75 Å². The zero-order valence-electron chi connectivity index (χ0n) is 7.84. The van der Waals surface area contributed by atoms with Crippen molar-refractivity contribution in [2.75, 3.05) is 0 Å². The fourth-order valence-corrected chi connectivity index (χ4v) is 1.14. The van der Waals surface area contributed by atoms with Gasteiger partial charge in [0.15, 0.2) is 0 Å². The highest BCUT2D eigenvalue weighted by Gasteiger charge is 2.35. The number of benzene rings is 1. The van der Waals surface area contributed by atoms with Crippen LogP contribution in [0.25, 0.3) is 0 Å². The molecule has 1 aromatic rings. The maximum absolute atomic E-state index is 12.8. The van der Waals surface area contributed by atoms with Gasteiger partial charge >= 0.3 is 12.0 Å². The number of hydrogen-bond acceptors (Lipinski definition) is 3. The van der Waals surface area contributed by atoms with Crippen LogP contribution in [-0.2, 0) is 0 Å². The van der Waals surface area contributed by atoms with Crippen molar-refractivity contribution in [3.05, 3.63) is 33.6 Å². The lowest BCUT2D eigenvalue weighted by molar-refractivity contribution is -0.389. The van der Waals surface area contributed by atoms with E-state index in [1.165, 1.54) is 0 Å². The second-order valence-electron chi connectivity index (χ2n) is 2.87. The van der Waals surface area contributed by atoms with Crippen molar-refractivity contribution >= 4 is 5.69 Å². The van der Waals surface area contributed by atoms with Crippen molar-refractivity contribution in [2.45, 2.75) is 13.3 Å². The SMILES string of the molecule is Cc1cc(F)cc(OC(F)(F)F)c1[N+](=O)[O-]. The molecule has 8 heteroatoms. The fraction of sp³-hybridized carbons (Fsp3) is 0.250. The maximum atomic E-state index is 12.8. The van der Waals surface area contributed by atoms with Crippen LogP contribution in [0.15, 0.2) is 12.1 Å². The van der Waals surface area contributed by atoms with Crippen LogP contribution in [0.1, 0.15) is 5.56 Å². The summed E-state index contributed by atoms with van der Waals surface area (Å²) in [5.41, 5.74) is -1.15. The van der Waals surface area contributed by atoms with E-state index in [1.54, 1.807) is 0 Å². The van der Waals surface area contributed by atoms with E-state index in [4.69, 9.17) is 0 Å². The van der Waals surface area contributed by atoms with E-state index in [0.717, 1.165) is 13.0 Å². The Hall–Kier alpha value is -1.86. The molecule has 0 unspecified atom stereocenters. The summed E-state index contributed by atoms with van der Waals surface area (Å²) in [6, 6.07) is 1.07. The molecule has 1 aromatic carbocycles. The molecule has 1 rings (SSSR count). The third-order valence-corrected chi connectivity index (χ3v) is 1.64. The molecular weight excluding hydrogens is 234 g/mol. The third-order valence-electron chi connectivity index (χ3n) is 1.64. The molecule has 0 bridgehead atoms. The first kappa shape index (κ1) is 12.2. The Morgan fingerprint density at radius 3 is 2.38 bits per heavy atom. The van der Waals surface area contributed by atoms with E-state index >= 15 is 0 Å². The summed E-state index contributed by atoms with van der Waals surface area (Å²) >= 11 is 0. The highest BCUT2D eigenvalue weighted by molar-refractivity contribution is 5.52. The minimum absolute atomic E-state index is 0.246. The molecule has 0 saturated carbocycles. The average Bonchev–Trinajstić information content (AvgIpc) is 1.96. The van der Waals surface area contributed by atoms with Crippen molar-refractivity contribution in [2.24, 2.45) is 0 Å². The number of alkyl halides is 3. The van der Waals surface area contributed by atoms with Crippen LogP contribution in [0.2, 0.25) is 0 Å². The zero-order chi connectivity index (χ0) is 12.5. The van der Waals surface area contributed by atoms with Crippen LogP contribution in [0, 0.1) is 22.9 Å². The second-order valence-corrected chi connectivity index (χ2v) is 2.87. The van der Waals surface area contributed by atoms with Gasteiger partial charge in [0.1, 0.15) is 5.82 Å². The maximum Gasteiger partial charge on any atom is 0.573 e. The van der Waals surface area contributed by atoms with Crippen LogP contribution in [-0.4, -0.2) is 11.3 Å². The number of nitrogens with zero attached hydrogens (tertiary/aromatic N) is 1. The summed E-state index contributed by atoms with van der Waals surface area (Å²) in [6.45, 7) is 1.12. The smallest absolute Gasteiger partial charge is 0.398 e. The predicted molar refractivity (Wildman–Crippen MR) is 44.5 cm³/mol. The first-order valence-electron chi connectivity index (χ1n) is 3.91. The Balaban J connectivity index is 3.30. The molecule has 0 fully saturated rings. The van der Waals surface area contributed by atoms with Crippen LogP contribution in [0.3, 0.4) is 0 Å². The van der Waals surface area contributed by atoms with Gasteiger partial charge in [0.05, 0.1) is 4.92 Å². The van der Waals surface area contributed by atoms with Gasteiger partial charge in [0, 0.05) is 11.6 Å². The number of hydrogen-bond donors (Lipinski definition) is 0. The van der Waals surface area contributed by atoms with Gasteiger partial charge in [-0.25, -0.2) is 4.39 Å². The van der Waals surface area contributed by atoms with Gasteiger partial charge in [-0.3, -0.25) is 10.1 Å². The molecule has 0 aromatic heterocycles. The molecule has 0 N–H and O–H groups in total. The van der Waals surface area contributed by atoms with E-state index in [2.05, 4.69) is 4.74 Å². The van der Waals surface area contributed by atoms with Crippen molar-refractivity contribution in [1.82, 2.24) is 0 Å². The largest absolute Gasteiger partial charge is 0.573 e. The molecular formula is C8H5F4NO3. The van der Waals surface area contributed by atoms with E-state index in [0.29, 0.717) is 6.07 Å². The van der Waals surface area contributed by atoms with Gasteiger partial charge in [-0.1, -0.05) is 0 Å². The zero-order valence-corrected chi connectivity index (χ0v) is 7.84. The molecule has 0 atom stereocenters. The number of nitro benzene ring substituents is 1. The molecule has 0 aliphatic heterocycles. The number of halogens is 4. The van der Waals surface area contributed by atoms with Crippen molar-refractivity contribution in [1.29, 1.82) is 0 Å². The molecule has 4 nitrogen and oxygen atoms in total. The Morgan fingerprint density at radius 1 is 1.38 bits per heavy atom. The van der Waals surface area contributed by atoms with Gasteiger partial charge in [-0.2, -0.15) is 0 Å². The summed E-state index contributed by atoms with van der Waals surface area (Å²) in [6.07, 6.45) is -5.11. The van der Waals surface area contributed by atoms with Gasteiger partial charge in [0.25, 0.3) is 0 Å². The fourth-order valence-electron chi connectivity index (χ4n) is 1.14. The Kier molecular flexibility index (Phi) is 3.02. The summed E-state index contributed by atoms with van der Waals surface area (Å²) in [5.74, 6) is -2.20. The van der Waals surface area contributed by atoms with E-state index < -0.39 is 28.5 Å². The highest BCUT2D eigenvalue weighted by Crippen LogP contribution is 2.35. The van der Waals surface area contributed by atoms with E-state index in [-0.39, 0.29) is 5.56 Å². The van der Waals surface area contributed by atoms with Gasteiger partial charge < -0.3 is 4.74 Å². The average molecular weight is 239 g/mol. The van der Waals surface area contributed by atoms with Crippen LogP contribution >= 0.6 is 0 Å². The number of aryl methyl sites for hydroxylation is 1. The lowest BCUT2D eigenvalue weighted by Crippen LogP contribution is -2.18.